The SMILES string of the molecule is CCS(=O)(=O)NC1CCC(F)(F)CC1COc1ccc(-n2cccn2)cc1. The second-order valence-corrected chi connectivity index (χ2v) is 8.78. The first-order chi connectivity index (χ1) is 12.8. The number of nitrogens with one attached hydrogen (secondary N) is 1. The third-order valence-electron chi connectivity index (χ3n) is 4.73. The van der Waals surface area contributed by atoms with Crippen LogP contribution in [0.25, 0.3) is 5.69 Å². The van der Waals surface area contributed by atoms with Crippen molar-refractivity contribution < 1.29 is 21.9 Å². The van der Waals surface area contributed by atoms with Gasteiger partial charge in [0.1, 0.15) is 5.75 Å². The summed E-state index contributed by atoms with van der Waals surface area (Å²) in [6.07, 6.45) is 2.86. The van der Waals surface area contributed by atoms with E-state index in [0.29, 0.717) is 5.75 Å². The van der Waals surface area contributed by atoms with Crippen LogP contribution in [-0.4, -0.2) is 42.5 Å². The van der Waals surface area contributed by atoms with Gasteiger partial charge in [0.25, 0.3) is 0 Å². The number of ether oxygens (including phenoxy) is 1. The molecule has 1 heterocycles. The largest absolute Gasteiger partial charge is 0.493 e. The van der Waals surface area contributed by atoms with Crippen LogP contribution in [0.5, 0.6) is 5.75 Å². The molecule has 0 bridgehead atoms. The molecule has 0 spiro atoms. The molecule has 2 unspecified atom stereocenters. The summed E-state index contributed by atoms with van der Waals surface area (Å²) in [4.78, 5) is 0. The van der Waals surface area contributed by atoms with Crippen molar-refractivity contribution in [3.63, 3.8) is 0 Å². The average molecular weight is 399 g/mol. The lowest BCUT2D eigenvalue weighted by atomic mass is 9.83. The molecular formula is C18H23F2N3O3S. The van der Waals surface area contributed by atoms with E-state index in [1.807, 2.05) is 24.4 Å². The molecule has 1 N–H and O–H groups in total. The Labute approximate surface area is 157 Å². The van der Waals surface area contributed by atoms with Crippen molar-refractivity contribution in [1.29, 1.82) is 0 Å². The maximum absolute atomic E-state index is 13.8. The van der Waals surface area contributed by atoms with Crippen LogP contribution in [-0.2, 0) is 10.0 Å². The molecular weight excluding hydrogens is 376 g/mol. The van der Waals surface area contributed by atoms with Crippen molar-refractivity contribution >= 4 is 10.0 Å². The molecule has 1 aliphatic carbocycles. The van der Waals surface area contributed by atoms with Crippen LogP contribution < -0.4 is 9.46 Å². The molecule has 0 aliphatic heterocycles. The van der Waals surface area contributed by atoms with Gasteiger partial charge >= 0.3 is 0 Å². The van der Waals surface area contributed by atoms with E-state index in [1.54, 1.807) is 23.0 Å². The van der Waals surface area contributed by atoms with Crippen LogP contribution in [0, 0.1) is 5.92 Å². The van der Waals surface area contributed by atoms with E-state index in [0.717, 1.165) is 5.69 Å². The molecule has 3 rings (SSSR count). The number of rotatable bonds is 7. The Morgan fingerprint density at radius 2 is 2.07 bits per heavy atom. The summed E-state index contributed by atoms with van der Waals surface area (Å²) in [5.74, 6) is -2.94. The predicted octanol–water partition coefficient (Wildman–Crippen LogP) is 2.99. The zero-order valence-corrected chi connectivity index (χ0v) is 15.8. The summed E-state index contributed by atoms with van der Waals surface area (Å²) < 4.78 is 61.3. The summed E-state index contributed by atoms with van der Waals surface area (Å²) in [6, 6.07) is 8.37. The van der Waals surface area contributed by atoms with Crippen molar-refractivity contribution in [2.75, 3.05) is 12.4 Å². The minimum absolute atomic E-state index is 0.0214. The van der Waals surface area contributed by atoms with E-state index >= 15 is 0 Å². The highest BCUT2D eigenvalue weighted by Gasteiger charge is 2.42. The fraction of sp³-hybridized carbons (Fsp3) is 0.500. The minimum atomic E-state index is -3.46. The molecule has 1 aromatic heterocycles. The van der Waals surface area contributed by atoms with Crippen LogP contribution >= 0.6 is 0 Å². The van der Waals surface area contributed by atoms with Gasteiger partial charge in [-0.2, -0.15) is 5.10 Å². The first kappa shape index (κ1) is 19.8. The van der Waals surface area contributed by atoms with E-state index in [2.05, 4.69) is 9.82 Å². The van der Waals surface area contributed by atoms with Gasteiger partial charge in [-0.25, -0.2) is 26.6 Å². The molecule has 1 fully saturated rings. The second kappa shape index (κ2) is 7.93. The van der Waals surface area contributed by atoms with E-state index in [-0.39, 0.29) is 25.2 Å². The smallest absolute Gasteiger partial charge is 0.248 e. The number of aromatic nitrogens is 2. The monoisotopic (exact) mass is 399 g/mol. The number of alkyl halides is 2. The first-order valence-electron chi connectivity index (χ1n) is 8.89. The Kier molecular flexibility index (Phi) is 5.81. The molecule has 27 heavy (non-hydrogen) atoms. The highest BCUT2D eigenvalue weighted by atomic mass is 32.2. The quantitative estimate of drug-likeness (QED) is 0.777. The lowest BCUT2D eigenvalue weighted by molar-refractivity contribution is -0.0660. The van der Waals surface area contributed by atoms with Gasteiger partial charge in [-0.3, -0.25) is 0 Å². The Morgan fingerprint density at radius 1 is 1.33 bits per heavy atom. The first-order valence-corrected chi connectivity index (χ1v) is 10.5. The molecule has 2 atom stereocenters. The molecule has 0 amide bonds. The summed E-state index contributed by atoms with van der Waals surface area (Å²) in [5, 5.41) is 4.13. The van der Waals surface area contributed by atoms with Crippen LogP contribution in [0.15, 0.2) is 42.7 Å². The lowest BCUT2D eigenvalue weighted by Gasteiger charge is -2.36. The number of nitrogens with zero attached hydrogens (tertiary/aromatic N) is 2. The maximum atomic E-state index is 13.8. The number of hydrogen-bond donors (Lipinski definition) is 1. The molecule has 9 heteroatoms. The Balaban J connectivity index is 1.65. The van der Waals surface area contributed by atoms with E-state index < -0.39 is 34.3 Å². The van der Waals surface area contributed by atoms with Crippen molar-refractivity contribution in [2.24, 2.45) is 5.92 Å². The van der Waals surface area contributed by atoms with Crippen molar-refractivity contribution in [3.05, 3.63) is 42.7 Å². The summed E-state index contributed by atoms with van der Waals surface area (Å²) in [6.45, 7) is 1.54. The molecule has 0 saturated heterocycles. The normalized spacial score (nSPS) is 22.5. The van der Waals surface area contributed by atoms with Crippen molar-refractivity contribution in [2.45, 2.75) is 38.2 Å². The fourth-order valence-corrected chi connectivity index (χ4v) is 4.13. The molecule has 0 radical (unpaired) electrons. The predicted molar refractivity (Wildman–Crippen MR) is 97.7 cm³/mol. The van der Waals surface area contributed by atoms with Gasteiger partial charge in [0.05, 0.1) is 18.0 Å². The Hall–Kier alpha value is -2.00. The van der Waals surface area contributed by atoms with Gasteiger partial charge in [0, 0.05) is 37.2 Å². The van der Waals surface area contributed by atoms with Gasteiger partial charge < -0.3 is 4.74 Å². The molecule has 148 valence electrons. The zero-order chi connectivity index (χ0) is 19.5. The highest BCUT2D eigenvalue weighted by molar-refractivity contribution is 7.89. The highest BCUT2D eigenvalue weighted by Crippen LogP contribution is 2.37. The van der Waals surface area contributed by atoms with Gasteiger partial charge in [-0.15, -0.1) is 0 Å². The van der Waals surface area contributed by atoms with Gasteiger partial charge in [-0.05, 0) is 43.7 Å². The van der Waals surface area contributed by atoms with Gasteiger partial charge in [-0.1, -0.05) is 0 Å². The summed E-state index contributed by atoms with van der Waals surface area (Å²) >= 11 is 0. The third-order valence-corrected chi connectivity index (χ3v) is 6.15. The number of benzene rings is 1. The molecule has 1 aliphatic rings. The van der Waals surface area contributed by atoms with E-state index in [9.17, 15) is 17.2 Å². The van der Waals surface area contributed by atoms with Gasteiger partial charge in [0.2, 0.25) is 15.9 Å². The van der Waals surface area contributed by atoms with E-state index in [1.165, 1.54) is 6.92 Å². The maximum Gasteiger partial charge on any atom is 0.248 e. The summed E-state index contributed by atoms with van der Waals surface area (Å²) in [5.41, 5.74) is 0.852. The second-order valence-electron chi connectivity index (χ2n) is 6.74. The standard InChI is InChI=1S/C18H23F2N3O3S/c1-2-27(24,25)22-17-8-9-18(19,20)12-14(17)13-26-16-6-4-15(5-7-16)23-11-3-10-21-23/h3-7,10-11,14,17,22H,2,8-9,12-13H2,1H3. The minimum Gasteiger partial charge on any atom is -0.493 e. The third kappa shape index (κ3) is 5.26. The van der Waals surface area contributed by atoms with Crippen LogP contribution in [0.3, 0.4) is 0 Å². The van der Waals surface area contributed by atoms with Crippen molar-refractivity contribution in [3.8, 4) is 11.4 Å². The molecule has 1 aromatic carbocycles. The fourth-order valence-electron chi connectivity index (χ4n) is 3.19. The van der Waals surface area contributed by atoms with Crippen LogP contribution in [0.2, 0.25) is 0 Å². The lowest BCUT2D eigenvalue weighted by Crippen LogP contribution is -2.48. The molecule has 2 aromatic rings. The molecule has 1 saturated carbocycles. The molecule has 6 nitrogen and oxygen atoms in total. The summed E-state index contributed by atoms with van der Waals surface area (Å²) in [7, 11) is -3.46. The number of halogens is 2. The topological polar surface area (TPSA) is 73.2 Å². The van der Waals surface area contributed by atoms with Crippen molar-refractivity contribution in [1.82, 2.24) is 14.5 Å². The van der Waals surface area contributed by atoms with Crippen LogP contribution in [0.1, 0.15) is 26.2 Å². The average Bonchev–Trinajstić information content (AvgIpc) is 3.17. The van der Waals surface area contributed by atoms with Crippen LogP contribution in [0.4, 0.5) is 8.78 Å². The number of sulfonamides is 1. The zero-order valence-electron chi connectivity index (χ0n) is 15.0. The van der Waals surface area contributed by atoms with Gasteiger partial charge in [0.15, 0.2) is 0 Å². The number of hydrogen-bond acceptors (Lipinski definition) is 4. The Bertz CT molecular complexity index is 839. The van der Waals surface area contributed by atoms with E-state index in [4.69, 9.17) is 4.74 Å². The Morgan fingerprint density at radius 3 is 2.70 bits per heavy atom.